The second-order valence-electron chi connectivity index (χ2n) is 6.78. The topological polar surface area (TPSA) is 3.24 Å². The highest BCUT2D eigenvalue weighted by Gasteiger charge is 2.25. The van der Waals surface area contributed by atoms with E-state index < -0.39 is 0 Å². The van der Waals surface area contributed by atoms with Gasteiger partial charge in [0.05, 0.1) is 0 Å². The Morgan fingerprint density at radius 1 is 0.929 bits per heavy atom. The molecule has 1 atom stereocenters. The zero-order valence-electron chi connectivity index (χ0n) is 11.4. The van der Waals surface area contributed by atoms with E-state index in [-0.39, 0.29) is 0 Å². The molecular weight excluding hydrogens is 170 g/mol. The van der Waals surface area contributed by atoms with E-state index in [0.29, 0.717) is 11.0 Å². The van der Waals surface area contributed by atoms with Gasteiger partial charge in [-0.2, -0.15) is 0 Å². The third-order valence-electron chi connectivity index (χ3n) is 3.02. The molecule has 0 saturated carbocycles. The Bertz CT molecular complexity index is 163. The first kappa shape index (κ1) is 14.0. The van der Waals surface area contributed by atoms with E-state index in [9.17, 15) is 0 Å². The lowest BCUT2D eigenvalue weighted by Crippen LogP contribution is -2.39. The van der Waals surface area contributed by atoms with Gasteiger partial charge in [-0.3, -0.25) is 0 Å². The first-order valence-corrected chi connectivity index (χ1v) is 5.72. The van der Waals surface area contributed by atoms with Gasteiger partial charge in [-0.05, 0) is 52.1 Å². The van der Waals surface area contributed by atoms with Crippen molar-refractivity contribution in [3.05, 3.63) is 0 Å². The monoisotopic (exact) mass is 199 g/mol. The zero-order valence-corrected chi connectivity index (χ0v) is 11.4. The molecule has 0 saturated heterocycles. The molecule has 14 heavy (non-hydrogen) atoms. The normalized spacial score (nSPS) is 16.1. The zero-order chi connectivity index (χ0) is 11.6. The molecule has 0 rings (SSSR count). The van der Waals surface area contributed by atoms with Gasteiger partial charge in [0, 0.05) is 5.54 Å². The van der Waals surface area contributed by atoms with Crippen LogP contribution in [0.15, 0.2) is 0 Å². The van der Waals surface area contributed by atoms with E-state index in [0.717, 1.165) is 5.92 Å². The number of nitrogens with zero attached hydrogens (tertiary/aromatic N) is 1. The molecule has 0 amide bonds. The maximum atomic E-state index is 2.37. The van der Waals surface area contributed by atoms with Crippen molar-refractivity contribution in [1.29, 1.82) is 0 Å². The lowest BCUT2D eigenvalue weighted by atomic mass is 9.80. The molecule has 0 fully saturated rings. The quantitative estimate of drug-likeness (QED) is 0.666. The minimum atomic E-state index is 0.324. The Hall–Kier alpha value is -0.0400. The van der Waals surface area contributed by atoms with Gasteiger partial charge < -0.3 is 4.90 Å². The molecule has 0 aromatic carbocycles. The predicted molar refractivity (Wildman–Crippen MR) is 65.6 cm³/mol. The number of hydrogen-bond donors (Lipinski definition) is 0. The Morgan fingerprint density at radius 2 is 1.36 bits per heavy atom. The smallest absolute Gasteiger partial charge is 0.0149 e. The molecule has 0 aliphatic carbocycles. The molecule has 0 N–H and O–H groups in total. The van der Waals surface area contributed by atoms with Crippen LogP contribution < -0.4 is 0 Å². The predicted octanol–water partition coefficient (Wildman–Crippen LogP) is 3.79. The van der Waals surface area contributed by atoms with Gasteiger partial charge in [-0.25, -0.2) is 0 Å². The van der Waals surface area contributed by atoms with Crippen LogP contribution in [0.4, 0.5) is 0 Å². The summed E-state index contributed by atoms with van der Waals surface area (Å²) in [7, 11) is 4.34. The highest BCUT2D eigenvalue weighted by atomic mass is 15.1. The van der Waals surface area contributed by atoms with Gasteiger partial charge in [-0.1, -0.05) is 27.7 Å². The summed E-state index contributed by atoms with van der Waals surface area (Å²) in [5.41, 5.74) is 0.784. The summed E-state index contributed by atoms with van der Waals surface area (Å²) in [6.07, 6.45) is 2.58. The van der Waals surface area contributed by atoms with Gasteiger partial charge >= 0.3 is 0 Å². The van der Waals surface area contributed by atoms with E-state index >= 15 is 0 Å². The average Bonchev–Trinajstić information content (AvgIpc) is 1.79. The average molecular weight is 199 g/mol. The number of hydrogen-bond acceptors (Lipinski definition) is 1. The number of rotatable bonds is 4. The molecule has 0 bridgehead atoms. The maximum Gasteiger partial charge on any atom is 0.0149 e. The van der Waals surface area contributed by atoms with E-state index in [1.807, 2.05) is 0 Å². The fraction of sp³-hybridized carbons (Fsp3) is 1.00. The van der Waals surface area contributed by atoms with Gasteiger partial charge in [0.15, 0.2) is 0 Å². The molecule has 0 aliphatic heterocycles. The minimum Gasteiger partial charge on any atom is -0.304 e. The molecule has 0 aromatic rings. The second-order valence-corrected chi connectivity index (χ2v) is 6.78. The lowest BCUT2D eigenvalue weighted by Gasteiger charge is -2.36. The van der Waals surface area contributed by atoms with Crippen molar-refractivity contribution in [1.82, 2.24) is 4.90 Å². The summed E-state index contributed by atoms with van der Waals surface area (Å²) in [4.78, 5) is 2.33. The van der Waals surface area contributed by atoms with Crippen molar-refractivity contribution in [3.63, 3.8) is 0 Å². The summed E-state index contributed by atoms with van der Waals surface area (Å²) in [5.74, 6) is 0.799. The van der Waals surface area contributed by atoms with Crippen LogP contribution >= 0.6 is 0 Å². The van der Waals surface area contributed by atoms with Crippen LogP contribution in [0.2, 0.25) is 0 Å². The van der Waals surface area contributed by atoms with Crippen molar-refractivity contribution < 1.29 is 0 Å². The van der Waals surface area contributed by atoms with Gasteiger partial charge in [-0.15, -0.1) is 0 Å². The first-order valence-electron chi connectivity index (χ1n) is 5.72. The molecule has 1 nitrogen and oxygen atoms in total. The van der Waals surface area contributed by atoms with Gasteiger partial charge in [0.2, 0.25) is 0 Å². The first-order chi connectivity index (χ1) is 6.04. The SMILES string of the molecule is CC(CC(C)(C)C)CC(C)(C)N(C)C. The fourth-order valence-corrected chi connectivity index (χ4v) is 2.15. The largest absolute Gasteiger partial charge is 0.304 e. The molecule has 0 aromatic heterocycles. The Labute approximate surface area is 90.9 Å². The van der Waals surface area contributed by atoms with Crippen LogP contribution in [-0.2, 0) is 0 Å². The van der Waals surface area contributed by atoms with E-state index in [1.54, 1.807) is 0 Å². The van der Waals surface area contributed by atoms with Crippen LogP contribution in [-0.4, -0.2) is 24.5 Å². The molecule has 0 spiro atoms. The van der Waals surface area contributed by atoms with Gasteiger partial charge in [0.25, 0.3) is 0 Å². The molecule has 0 aliphatic rings. The molecule has 1 unspecified atom stereocenters. The summed E-state index contributed by atoms with van der Waals surface area (Å²) in [6.45, 7) is 14.0. The van der Waals surface area contributed by atoms with Crippen LogP contribution in [0.1, 0.15) is 54.4 Å². The van der Waals surface area contributed by atoms with E-state index in [1.165, 1.54) is 12.8 Å². The van der Waals surface area contributed by atoms with Crippen LogP contribution in [0.5, 0.6) is 0 Å². The van der Waals surface area contributed by atoms with Crippen molar-refractivity contribution >= 4 is 0 Å². The summed E-state index contributed by atoms with van der Waals surface area (Å²) < 4.78 is 0. The van der Waals surface area contributed by atoms with Gasteiger partial charge in [0.1, 0.15) is 0 Å². The standard InChI is InChI=1S/C13H29N/c1-11(9-12(2,3)4)10-13(5,6)14(7)8/h11H,9-10H2,1-8H3. The Kier molecular flexibility index (Phi) is 4.64. The van der Waals surface area contributed by atoms with E-state index in [2.05, 4.69) is 60.5 Å². The van der Waals surface area contributed by atoms with Crippen LogP contribution in [0, 0.1) is 11.3 Å². The van der Waals surface area contributed by atoms with Crippen molar-refractivity contribution in [2.45, 2.75) is 59.9 Å². The highest BCUT2D eigenvalue weighted by molar-refractivity contribution is 4.80. The second kappa shape index (κ2) is 4.65. The van der Waals surface area contributed by atoms with Crippen molar-refractivity contribution in [3.8, 4) is 0 Å². The third kappa shape index (κ3) is 5.64. The fourth-order valence-electron chi connectivity index (χ4n) is 2.15. The molecule has 86 valence electrons. The maximum absolute atomic E-state index is 2.37. The van der Waals surface area contributed by atoms with Crippen LogP contribution in [0.3, 0.4) is 0 Å². The molecule has 0 heterocycles. The highest BCUT2D eigenvalue weighted by Crippen LogP contribution is 2.30. The van der Waals surface area contributed by atoms with Crippen molar-refractivity contribution in [2.24, 2.45) is 11.3 Å². The minimum absolute atomic E-state index is 0.324. The lowest BCUT2D eigenvalue weighted by molar-refractivity contribution is 0.142. The molecule has 1 heteroatoms. The van der Waals surface area contributed by atoms with Crippen LogP contribution in [0.25, 0.3) is 0 Å². The third-order valence-corrected chi connectivity index (χ3v) is 3.02. The molecular formula is C13H29N. The summed E-state index contributed by atoms with van der Waals surface area (Å²) >= 11 is 0. The Balaban J connectivity index is 4.12. The molecule has 0 radical (unpaired) electrons. The Morgan fingerprint density at radius 3 is 1.64 bits per heavy atom. The van der Waals surface area contributed by atoms with Crippen molar-refractivity contribution in [2.75, 3.05) is 14.1 Å². The summed E-state index contributed by atoms with van der Waals surface area (Å²) in [6, 6.07) is 0. The van der Waals surface area contributed by atoms with E-state index in [4.69, 9.17) is 0 Å². The summed E-state index contributed by atoms with van der Waals surface area (Å²) in [5, 5.41) is 0.